The highest BCUT2D eigenvalue weighted by molar-refractivity contribution is 9.10. The number of carboxylic acids is 1. The van der Waals surface area contributed by atoms with E-state index < -0.39 is 11.9 Å². The van der Waals surface area contributed by atoms with Gasteiger partial charge in [-0.2, -0.15) is 5.21 Å². The van der Waals surface area contributed by atoms with E-state index in [1.54, 1.807) is 0 Å². The van der Waals surface area contributed by atoms with Crippen LogP contribution in [0.4, 0.5) is 0 Å². The van der Waals surface area contributed by atoms with E-state index in [-0.39, 0.29) is 11.1 Å². The second-order valence-electron chi connectivity index (χ2n) is 9.16. The van der Waals surface area contributed by atoms with E-state index in [4.69, 9.17) is 16.0 Å². The van der Waals surface area contributed by atoms with Gasteiger partial charge in [0.2, 0.25) is 5.82 Å². The van der Waals surface area contributed by atoms with Crippen LogP contribution in [-0.4, -0.2) is 41.7 Å². The number of aliphatic carboxylic acids is 1. The van der Waals surface area contributed by atoms with E-state index in [0.717, 1.165) is 57.2 Å². The van der Waals surface area contributed by atoms with Crippen molar-refractivity contribution in [3.05, 3.63) is 68.7 Å². The first-order valence-electron chi connectivity index (χ1n) is 12.0. The largest absolute Gasteiger partial charge is 0.481 e. The molecule has 6 rings (SSSR count). The molecule has 0 fully saturated rings. The third kappa shape index (κ3) is 3.95. The van der Waals surface area contributed by atoms with Gasteiger partial charge >= 0.3 is 5.97 Å². The fourth-order valence-corrected chi connectivity index (χ4v) is 6.19. The molecule has 0 spiro atoms. The molecule has 0 saturated carbocycles. The van der Waals surface area contributed by atoms with Gasteiger partial charge in [0.15, 0.2) is 5.15 Å². The van der Waals surface area contributed by atoms with Crippen molar-refractivity contribution >= 4 is 44.5 Å². The number of fused-ring (bicyclic) bond motifs is 3. The lowest BCUT2D eigenvalue weighted by atomic mass is 9.68. The van der Waals surface area contributed by atoms with Crippen LogP contribution >= 0.6 is 27.5 Å². The lowest BCUT2D eigenvalue weighted by Gasteiger charge is -2.35. The normalized spacial score (nSPS) is 15.5. The molecule has 3 N–H and O–H groups in total. The first-order valence-corrected chi connectivity index (χ1v) is 13.2. The first-order chi connectivity index (χ1) is 18.0. The molecule has 188 valence electrons. The van der Waals surface area contributed by atoms with Crippen LogP contribution in [0.3, 0.4) is 0 Å². The van der Waals surface area contributed by atoms with Crippen LogP contribution in [0.15, 0.2) is 45.3 Å². The van der Waals surface area contributed by atoms with Crippen LogP contribution in [0, 0.1) is 0 Å². The molecule has 9 nitrogen and oxygen atoms in total. The monoisotopic (exact) mass is 580 g/mol. The average molecular weight is 582 g/mol. The van der Waals surface area contributed by atoms with Crippen molar-refractivity contribution in [3.63, 3.8) is 0 Å². The Balaban J connectivity index is 1.46. The summed E-state index contributed by atoms with van der Waals surface area (Å²) in [5.74, 6) is -0.304. The van der Waals surface area contributed by atoms with Gasteiger partial charge < -0.3 is 14.5 Å². The molecule has 0 amide bonds. The molecule has 2 unspecified atom stereocenters. The van der Waals surface area contributed by atoms with Crippen LogP contribution in [-0.2, 0) is 17.6 Å². The number of unbranched alkanes of at least 4 members (excludes halogenated alkanes) is 1. The molecule has 2 aromatic carbocycles. The van der Waals surface area contributed by atoms with Crippen LogP contribution in [0.2, 0.25) is 5.15 Å². The number of halogens is 2. The standard InChI is InChI=1S/C26H22BrClN6O3/c1-2-3-8-17-29-22(24(28)30-17)19(26(35)36)15-11-12-9-10-16-20(18(12)15)21(27)23(37-16)13-6-4-5-7-14(13)25-31-33-34-32-25/h4-7,9-10,15,19H,2-3,8,11H2,1H3,(H,29,30)(H,35,36)(H,31,32,33,34). The summed E-state index contributed by atoms with van der Waals surface area (Å²) in [7, 11) is 0. The lowest BCUT2D eigenvalue weighted by Crippen LogP contribution is -2.29. The Hall–Kier alpha value is -3.50. The van der Waals surface area contributed by atoms with Crippen molar-refractivity contribution in [2.24, 2.45) is 0 Å². The topological polar surface area (TPSA) is 134 Å². The van der Waals surface area contributed by atoms with Gasteiger partial charge in [0.05, 0.1) is 10.2 Å². The maximum Gasteiger partial charge on any atom is 0.313 e. The molecule has 0 saturated heterocycles. The summed E-state index contributed by atoms with van der Waals surface area (Å²) in [6, 6.07) is 11.6. The number of carbonyl (C=O) groups is 1. The molecular weight excluding hydrogens is 560 g/mol. The number of benzene rings is 2. The maximum absolute atomic E-state index is 12.6. The third-order valence-corrected chi connectivity index (χ3v) is 8.02. The van der Waals surface area contributed by atoms with Crippen LogP contribution in [0.1, 0.15) is 54.2 Å². The lowest BCUT2D eigenvalue weighted by molar-refractivity contribution is -0.139. The molecule has 0 radical (unpaired) electrons. The Bertz CT molecular complexity index is 1630. The van der Waals surface area contributed by atoms with E-state index in [1.165, 1.54) is 0 Å². The number of hydrogen-bond donors (Lipinski definition) is 3. The highest BCUT2D eigenvalue weighted by Gasteiger charge is 2.43. The number of carboxylic acid groups (broad SMARTS) is 1. The molecule has 1 aliphatic carbocycles. The second-order valence-corrected chi connectivity index (χ2v) is 10.3. The van der Waals surface area contributed by atoms with E-state index in [0.29, 0.717) is 29.3 Å². The fraction of sp³-hybridized carbons (Fsp3) is 0.269. The molecule has 37 heavy (non-hydrogen) atoms. The zero-order valence-electron chi connectivity index (χ0n) is 19.8. The summed E-state index contributed by atoms with van der Waals surface area (Å²) in [6.07, 6.45) is 3.30. The smallest absolute Gasteiger partial charge is 0.313 e. The van der Waals surface area contributed by atoms with E-state index >= 15 is 0 Å². The van der Waals surface area contributed by atoms with Crippen LogP contribution in [0.25, 0.3) is 33.7 Å². The number of hydrogen-bond acceptors (Lipinski definition) is 6. The van der Waals surface area contributed by atoms with Gasteiger partial charge in [-0.25, -0.2) is 4.98 Å². The molecule has 5 aromatic rings. The first kappa shape index (κ1) is 23.9. The second kappa shape index (κ2) is 9.42. The fourth-order valence-electron chi connectivity index (χ4n) is 5.22. The summed E-state index contributed by atoms with van der Waals surface area (Å²) >= 11 is 10.2. The predicted molar refractivity (Wildman–Crippen MR) is 142 cm³/mol. The van der Waals surface area contributed by atoms with Gasteiger partial charge in [0.1, 0.15) is 23.1 Å². The Kier molecular flexibility index (Phi) is 6.08. The highest BCUT2D eigenvalue weighted by Crippen LogP contribution is 2.53. The average Bonchev–Trinajstić information content (AvgIpc) is 3.61. The minimum Gasteiger partial charge on any atom is -0.481 e. The summed E-state index contributed by atoms with van der Waals surface area (Å²) in [6.45, 7) is 2.10. The summed E-state index contributed by atoms with van der Waals surface area (Å²) in [4.78, 5) is 20.2. The van der Waals surface area contributed by atoms with E-state index in [9.17, 15) is 9.90 Å². The number of aromatic nitrogens is 6. The van der Waals surface area contributed by atoms with Crippen molar-refractivity contribution in [2.45, 2.75) is 44.4 Å². The third-order valence-electron chi connectivity index (χ3n) is 6.98. The number of imidazole rings is 1. The number of furan rings is 1. The van der Waals surface area contributed by atoms with Gasteiger partial charge in [-0.05, 0) is 51.2 Å². The number of rotatable bonds is 8. The van der Waals surface area contributed by atoms with Gasteiger partial charge in [0.25, 0.3) is 0 Å². The molecule has 0 aliphatic heterocycles. The number of H-pyrrole nitrogens is 2. The molecule has 2 atom stereocenters. The minimum atomic E-state index is -0.942. The van der Waals surface area contributed by atoms with E-state index in [2.05, 4.69) is 53.4 Å². The Morgan fingerprint density at radius 3 is 2.81 bits per heavy atom. The van der Waals surface area contributed by atoms with Gasteiger partial charge in [-0.1, -0.05) is 55.3 Å². The van der Waals surface area contributed by atoms with Gasteiger partial charge in [-0.3, -0.25) is 4.79 Å². The van der Waals surface area contributed by atoms with Crippen molar-refractivity contribution in [3.8, 4) is 22.7 Å². The maximum atomic E-state index is 12.6. The molecular formula is C26H22BrClN6O3. The van der Waals surface area contributed by atoms with Gasteiger partial charge in [-0.15, -0.1) is 10.2 Å². The molecule has 11 heteroatoms. The molecule has 0 bridgehead atoms. The number of aryl methyl sites for hydroxylation is 1. The molecule has 3 aromatic heterocycles. The van der Waals surface area contributed by atoms with E-state index in [1.807, 2.05) is 36.4 Å². The Labute approximate surface area is 224 Å². The summed E-state index contributed by atoms with van der Waals surface area (Å²) < 4.78 is 7.09. The Morgan fingerprint density at radius 1 is 1.27 bits per heavy atom. The van der Waals surface area contributed by atoms with Crippen molar-refractivity contribution < 1.29 is 14.3 Å². The SMILES string of the molecule is CCCCc1nc(Cl)c(C(C(=O)O)C2Cc3ccc4oc(-c5ccccc5-c5nn[nH]n5)c(Br)c4c32)[nH]1. The number of aromatic amines is 2. The summed E-state index contributed by atoms with van der Waals surface area (Å²) in [5.41, 5.74) is 4.71. The number of nitrogens with zero attached hydrogens (tertiary/aromatic N) is 4. The van der Waals surface area contributed by atoms with Crippen molar-refractivity contribution in [1.29, 1.82) is 0 Å². The van der Waals surface area contributed by atoms with Crippen LogP contribution < -0.4 is 0 Å². The van der Waals surface area contributed by atoms with Crippen molar-refractivity contribution in [1.82, 2.24) is 30.6 Å². The zero-order chi connectivity index (χ0) is 25.7. The minimum absolute atomic E-state index is 0.222. The molecule has 1 aliphatic rings. The van der Waals surface area contributed by atoms with Gasteiger partial charge in [0, 0.05) is 28.9 Å². The summed E-state index contributed by atoms with van der Waals surface area (Å²) in [5, 5.41) is 25.8. The Morgan fingerprint density at radius 2 is 2.08 bits per heavy atom. The zero-order valence-corrected chi connectivity index (χ0v) is 22.1. The highest BCUT2D eigenvalue weighted by atomic mass is 79.9. The predicted octanol–water partition coefficient (Wildman–Crippen LogP) is 6.27. The quantitative estimate of drug-likeness (QED) is 0.197. The van der Waals surface area contributed by atoms with Crippen molar-refractivity contribution in [2.75, 3.05) is 0 Å². The van der Waals surface area contributed by atoms with Crippen LogP contribution in [0.5, 0.6) is 0 Å². The number of tetrazole rings is 1. The molecule has 3 heterocycles. The number of nitrogens with one attached hydrogen (secondary N) is 2.